The lowest BCUT2D eigenvalue weighted by Gasteiger charge is -2.28. The van der Waals surface area contributed by atoms with E-state index >= 15 is 0 Å². The van der Waals surface area contributed by atoms with Crippen LogP contribution in [0.25, 0.3) is 22.3 Å². The van der Waals surface area contributed by atoms with Crippen LogP contribution in [0.2, 0.25) is 0 Å². The number of benzene rings is 3. The number of unbranched alkanes of at least 4 members (excludes halogenated alkanes) is 2. The average molecular weight is 491 g/mol. The molecule has 0 atom stereocenters. The fourth-order valence-electron chi connectivity index (χ4n) is 5.72. The molecule has 0 aliphatic heterocycles. The number of hydrogen-bond donors (Lipinski definition) is 0. The highest BCUT2D eigenvalue weighted by atomic mass is 16.5. The maximum atomic E-state index is 10.1. The van der Waals surface area contributed by atoms with Gasteiger partial charge in [0.05, 0.1) is 17.7 Å². The molecule has 0 unspecified atom stereocenters. The first-order valence-electron chi connectivity index (χ1n) is 14.0. The second-order valence-electron chi connectivity index (χ2n) is 10.3. The Kier molecular flexibility index (Phi) is 9.40. The van der Waals surface area contributed by atoms with Gasteiger partial charge in [0.15, 0.2) is 0 Å². The van der Waals surface area contributed by atoms with Crippen molar-refractivity contribution in [1.29, 1.82) is 10.5 Å². The Morgan fingerprint density at radius 2 is 1.27 bits per heavy atom. The predicted octanol–water partition coefficient (Wildman–Crippen LogP) is 9.41. The van der Waals surface area contributed by atoms with Crippen LogP contribution in [-0.2, 0) is 0 Å². The highest BCUT2D eigenvalue weighted by Crippen LogP contribution is 2.39. The first-order valence-corrected chi connectivity index (χ1v) is 14.0. The van der Waals surface area contributed by atoms with Gasteiger partial charge in [0.1, 0.15) is 17.9 Å². The van der Waals surface area contributed by atoms with Crippen molar-refractivity contribution in [3.05, 3.63) is 77.4 Å². The van der Waals surface area contributed by atoms with Gasteiger partial charge in [-0.05, 0) is 72.8 Å². The molecule has 3 heteroatoms. The van der Waals surface area contributed by atoms with Gasteiger partial charge in [-0.1, -0.05) is 88.1 Å². The van der Waals surface area contributed by atoms with Crippen molar-refractivity contribution in [2.75, 3.05) is 6.61 Å². The van der Waals surface area contributed by atoms with Gasteiger partial charge >= 0.3 is 0 Å². The van der Waals surface area contributed by atoms with Crippen molar-refractivity contribution in [3.8, 4) is 40.1 Å². The van der Waals surface area contributed by atoms with E-state index in [1.807, 2.05) is 36.4 Å². The Morgan fingerprint density at radius 1 is 0.703 bits per heavy atom. The third-order valence-corrected chi connectivity index (χ3v) is 7.85. The second-order valence-corrected chi connectivity index (χ2v) is 10.3. The molecule has 1 aliphatic carbocycles. The monoisotopic (exact) mass is 490 g/mol. The van der Waals surface area contributed by atoms with Crippen molar-refractivity contribution in [1.82, 2.24) is 0 Å². The minimum absolute atomic E-state index is 0.426. The molecule has 1 fully saturated rings. The lowest BCUT2D eigenvalue weighted by Crippen LogP contribution is -2.13. The number of hydrogen-bond acceptors (Lipinski definition) is 3. The van der Waals surface area contributed by atoms with E-state index in [9.17, 15) is 10.5 Å². The van der Waals surface area contributed by atoms with Crippen LogP contribution in [-0.4, -0.2) is 6.61 Å². The summed E-state index contributed by atoms with van der Waals surface area (Å²) >= 11 is 0. The molecule has 0 bridgehead atoms. The normalized spacial score (nSPS) is 17.1. The van der Waals surface area contributed by atoms with Crippen LogP contribution < -0.4 is 4.74 Å². The highest BCUT2D eigenvalue weighted by Gasteiger charge is 2.22. The molecule has 37 heavy (non-hydrogen) atoms. The van der Waals surface area contributed by atoms with Crippen molar-refractivity contribution < 1.29 is 4.74 Å². The van der Waals surface area contributed by atoms with E-state index in [4.69, 9.17) is 4.74 Å². The molecule has 1 aliphatic rings. The molecule has 0 amide bonds. The molecule has 0 saturated heterocycles. The molecule has 3 aromatic rings. The summed E-state index contributed by atoms with van der Waals surface area (Å²) in [6.45, 7) is 5.17. The Balaban J connectivity index is 1.53. The molecule has 190 valence electrons. The SMILES string of the molecule is CCCCCOc1ccc(-c2ccc(-c3ccc(C4CCC(CCC)CC4)cc3)c(C#N)c2C#N)cc1. The van der Waals surface area contributed by atoms with Crippen molar-refractivity contribution >= 4 is 0 Å². The zero-order valence-corrected chi connectivity index (χ0v) is 22.3. The van der Waals surface area contributed by atoms with Crippen LogP contribution >= 0.6 is 0 Å². The third kappa shape index (κ3) is 6.42. The van der Waals surface area contributed by atoms with E-state index in [0.717, 1.165) is 46.8 Å². The fourth-order valence-corrected chi connectivity index (χ4v) is 5.72. The molecule has 1 saturated carbocycles. The van der Waals surface area contributed by atoms with Crippen LogP contribution in [0, 0.1) is 28.6 Å². The van der Waals surface area contributed by atoms with Gasteiger partial charge in [0.2, 0.25) is 0 Å². The summed E-state index contributed by atoms with van der Waals surface area (Å²) in [7, 11) is 0. The number of ether oxygens (including phenoxy) is 1. The van der Waals surface area contributed by atoms with Crippen LogP contribution in [0.1, 0.15) is 94.2 Å². The van der Waals surface area contributed by atoms with E-state index in [1.54, 1.807) is 0 Å². The Hall–Kier alpha value is -3.56. The summed E-state index contributed by atoms with van der Waals surface area (Å²) in [5.74, 6) is 2.36. The van der Waals surface area contributed by atoms with Gasteiger partial charge in [0.25, 0.3) is 0 Å². The average Bonchev–Trinajstić information content (AvgIpc) is 2.95. The Labute approximate surface area is 222 Å². The van der Waals surface area contributed by atoms with E-state index in [1.165, 1.54) is 50.5 Å². The van der Waals surface area contributed by atoms with Crippen LogP contribution in [0.4, 0.5) is 0 Å². The first-order chi connectivity index (χ1) is 18.2. The van der Waals surface area contributed by atoms with Gasteiger partial charge in [0, 0.05) is 11.1 Å². The van der Waals surface area contributed by atoms with Gasteiger partial charge in [-0.15, -0.1) is 0 Å². The fraction of sp³-hybridized carbons (Fsp3) is 0.412. The Bertz CT molecular complexity index is 1240. The lowest BCUT2D eigenvalue weighted by atomic mass is 9.77. The molecule has 3 aromatic carbocycles. The maximum absolute atomic E-state index is 10.1. The largest absolute Gasteiger partial charge is 0.494 e. The number of nitrogens with zero attached hydrogens (tertiary/aromatic N) is 2. The minimum atomic E-state index is 0.426. The lowest BCUT2D eigenvalue weighted by molar-refractivity contribution is 0.306. The molecular weight excluding hydrogens is 452 g/mol. The number of rotatable bonds is 10. The van der Waals surface area contributed by atoms with E-state index in [0.29, 0.717) is 23.7 Å². The van der Waals surface area contributed by atoms with E-state index in [-0.39, 0.29) is 0 Å². The topological polar surface area (TPSA) is 56.8 Å². The second kappa shape index (κ2) is 13.1. The summed E-state index contributed by atoms with van der Waals surface area (Å²) in [4.78, 5) is 0. The van der Waals surface area contributed by atoms with Crippen molar-refractivity contribution in [2.45, 2.75) is 77.6 Å². The summed E-state index contributed by atoms with van der Waals surface area (Å²) in [6.07, 6.45) is 11.2. The third-order valence-electron chi connectivity index (χ3n) is 7.85. The molecule has 4 rings (SSSR count). The smallest absolute Gasteiger partial charge is 0.119 e. The van der Waals surface area contributed by atoms with Gasteiger partial charge < -0.3 is 4.74 Å². The number of nitriles is 2. The van der Waals surface area contributed by atoms with Crippen LogP contribution in [0.15, 0.2) is 60.7 Å². The van der Waals surface area contributed by atoms with Crippen LogP contribution in [0.5, 0.6) is 5.75 Å². The highest BCUT2D eigenvalue weighted by molar-refractivity contribution is 5.82. The molecule has 0 heterocycles. The van der Waals surface area contributed by atoms with Crippen molar-refractivity contribution in [2.24, 2.45) is 5.92 Å². The molecule has 3 nitrogen and oxygen atoms in total. The summed E-state index contributed by atoms with van der Waals surface area (Å²) in [6, 6.07) is 25.1. The van der Waals surface area contributed by atoms with Gasteiger partial charge in [-0.2, -0.15) is 10.5 Å². The van der Waals surface area contributed by atoms with E-state index < -0.39 is 0 Å². The summed E-state index contributed by atoms with van der Waals surface area (Å²) in [5.41, 5.74) is 5.75. The van der Waals surface area contributed by atoms with E-state index in [2.05, 4.69) is 50.3 Å². The van der Waals surface area contributed by atoms with Gasteiger partial charge in [-0.3, -0.25) is 0 Å². The standard InChI is InChI=1S/C34H38N2O/c1-3-5-6-22-37-30-18-16-29(17-19-30)32-21-20-31(33(23-35)34(32)24-36)28-14-12-27(13-15-28)26-10-8-25(7-4-2)9-11-26/h12-21,25-26H,3-11,22H2,1-2H3. The minimum Gasteiger partial charge on any atom is -0.494 e. The quantitative estimate of drug-likeness (QED) is 0.266. The molecule has 0 N–H and O–H groups in total. The van der Waals surface area contributed by atoms with Crippen LogP contribution in [0.3, 0.4) is 0 Å². The van der Waals surface area contributed by atoms with Crippen molar-refractivity contribution in [3.63, 3.8) is 0 Å². The zero-order valence-electron chi connectivity index (χ0n) is 22.3. The summed E-state index contributed by atoms with van der Waals surface area (Å²) in [5, 5.41) is 20.1. The molecule has 0 radical (unpaired) electrons. The maximum Gasteiger partial charge on any atom is 0.119 e. The predicted molar refractivity (Wildman–Crippen MR) is 151 cm³/mol. The molecular formula is C34H38N2O. The zero-order chi connectivity index (χ0) is 26.0. The molecule has 0 spiro atoms. The Morgan fingerprint density at radius 3 is 1.78 bits per heavy atom. The molecule has 0 aromatic heterocycles. The summed E-state index contributed by atoms with van der Waals surface area (Å²) < 4.78 is 5.83. The van der Waals surface area contributed by atoms with Gasteiger partial charge in [-0.25, -0.2) is 0 Å². The first kappa shape index (κ1) is 26.5.